The minimum Gasteiger partial charge on any atom is -0.361 e. The van der Waals surface area contributed by atoms with Crippen molar-refractivity contribution in [3.05, 3.63) is 304 Å². The van der Waals surface area contributed by atoms with Crippen molar-refractivity contribution in [1.29, 1.82) is 6.39 Å². The standard InChI is InChI=1S/C9H8.6C8H7N.C5H8N2.2C4H6N2.CH4.HPS.H2S/c1-3-9-7-5-4-6-8(9)2;3*1-2-4-8-7(3-1)5-6-9-8;2*1-7-5-3-4-6-8(7)9-2;1-7-3-2-4-8(5-7)6-9;1-5-3-6-4-7(5)2;2*1-4-2-5-3-6-4;;1-2;/h1,4-7H,2H3;2*1-4,6H,5H2;1-6,9H;2*3-6H,1H3;2-5H,1H3;3-4H,1-2H3;2*2-3H,1H3,(H,5,6);1H4;1H;1H2/p+1/i/hD. The fraction of sp³-hybridized carbons (Fsp3) is 0.155. The van der Waals surface area contributed by atoms with Gasteiger partial charge in [0.1, 0.15) is 11.9 Å². The average molecular weight is 1200 g/mol. The highest BCUT2D eigenvalue weighted by atomic mass is 32.4. The summed E-state index contributed by atoms with van der Waals surface area (Å²) < 4.78 is 7.47. The molecule has 86 heavy (non-hydrogen) atoms. The van der Waals surface area contributed by atoms with E-state index >= 15 is 0 Å². The van der Waals surface area contributed by atoms with Crippen LogP contribution in [0.5, 0.6) is 0 Å². The number of hydrogen-bond donors (Lipinski definition) is 4. The highest BCUT2D eigenvalue weighted by molar-refractivity contribution is 7.88. The van der Waals surface area contributed by atoms with Gasteiger partial charge < -0.3 is 15.0 Å². The number of aromatic amines is 4. The van der Waals surface area contributed by atoms with Crippen molar-refractivity contribution >= 4 is 79.3 Å². The summed E-state index contributed by atoms with van der Waals surface area (Å²) in [5.41, 5.74) is 17.2. The molecule has 2 aliphatic heterocycles. The molecule has 7 aromatic carbocycles. The number of imidazole rings is 3. The number of aromatic nitrogens is 7. The Morgan fingerprint density at radius 3 is 1.43 bits per heavy atom. The van der Waals surface area contributed by atoms with Crippen LogP contribution in [0.1, 0.15) is 69.0 Å². The Morgan fingerprint density at radius 2 is 1.09 bits per heavy atom. The summed E-state index contributed by atoms with van der Waals surface area (Å²) in [4.78, 5) is 34.4. The Labute approximate surface area is 525 Å². The van der Waals surface area contributed by atoms with Crippen molar-refractivity contribution in [3.63, 3.8) is 0 Å². The van der Waals surface area contributed by atoms with E-state index in [1.807, 2.05) is 224 Å². The summed E-state index contributed by atoms with van der Waals surface area (Å²) in [5.74, 6) is 2.60. The molecular formula is C71H78N12PS2+. The largest absolute Gasteiger partial charge is 0.361 e. The van der Waals surface area contributed by atoms with Gasteiger partial charge in [0.15, 0.2) is 11.4 Å². The summed E-state index contributed by atoms with van der Waals surface area (Å²) in [5, 5.41) is 9.69. The Balaban J connectivity index is 0.000000481. The normalized spacial score (nSPS) is 9.62. The third-order valence-corrected chi connectivity index (χ3v) is 11.8. The summed E-state index contributed by atoms with van der Waals surface area (Å²) >= 11 is 6.67. The van der Waals surface area contributed by atoms with Crippen molar-refractivity contribution in [2.45, 2.75) is 68.7 Å². The van der Waals surface area contributed by atoms with Gasteiger partial charge >= 0.3 is 0 Å². The zero-order valence-electron chi connectivity index (χ0n) is 50.4. The lowest BCUT2D eigenvalue weighted by Crippen LogP contribution is -2.27. The van der Waals surface area contributed by atoms with Gasteiger partial charge in [0.25, 0.3) is 0 Å². The molecule has 438 valence electrons. The van der Waals surface area contributed by atoms with Crippen LogP contribution in [-0.2, 0) is 31.7 Å². The zero-order valence-corrected chi connectivity index (χ0v) is 52.1. The maximum atomic E-state index is 8.41. The van der Waals surface area contributed by atoms with Crippen LogP contribution in [0.2, 0.25) is 0 Å². The van der Waals surface area contributed by atoms with E-state index in [9.17, 15) is 0 Å². The first kappa shape index (κ1) is 72.1. The molecule has 0 bridgehead atoms. The minimum atomic E-state index is 0. The van der Waals surface area contributed by atoms with E-state index in [-0.39, 0.29) is 7.43 Å². The van der Waals surface area contributed by atoms with Gasteiger partial charge in [-0.2, -0.15) is 18.7 Å². The molecule has 12 nitrogen and oxygen atoms in total. The Kier molecular flexibility index (Phi) is 37.3. The van der Waals surface area contributed by atoms with Crippen LogP contribution in [0.15, 0.2) is 230 Å². The molecule has 0 radical (unpaired) electrons. The highest BCUT2D eigenvalue weighted by Crippen LogP contribution is 2.23. The predicted molar refractivity (Wildman–Crippen MR) is 371 cm³/mol. The van der Waals surface area contributed by atoms with E-state index in [4.69, 9.17) is 26.0 Å². The Bertz CT molecular complexity index is 3580. The first-order valence-electron chi connectivity index (χ1n) is 27.0. The molecule has 0 saturated heterocycles. The number of para-hydroxylation sites is 5. The number of aryl methyl sites for hydroxylation is 8. The van der Waals surface area contributed by atoms with Crippen molar-refractivity contribution in [3.8, 4) is 18.4 Å². The van der Waals surface area contributed by atoms with Crippen LogP contribution in [0.25, 0.3) is 20.6 Å². The SMILES string of the molecule is C.C#Cc1ccccc1C.C1=Nc2ccccc2C1.C1=Nc2ccccc2C1.Cc1c[nH]c[n+]1C.Cc1cccc(C#N)c1.Cc1cnc[nH]1.Cc1cnc[nH]1.P=S.[2H]S.[C-]#[N+]c1ccccc1C.[C-]#[N+]c1ccccc1C.c1ccc2[nH]ccc2c1. The van der Waals surface area contributed by atoms with Crippen LogP contribution >= 0.6 is 21.4 Å². The van der Waals surface area contributed by atoms with E-state index in [1.165, 1.54) is 33.3 Å². The fourth-order valence-corrected chi connectivity index (χ4v) is 7.05. The van der Waals surface area contributed by atoms with E-state index in [0.29, 0.717) is 0 Å². The van der Waals surface area contributed by atoms with Gasteiger partial charge in [0.05, 0.1) is 57.0 Å². The summed E-state index contributed by atoms with van der Waals surface area (Å²) in [7, 11) is 4.56. The Morgan fingerprint density at radius 1 is 0.616 bits per heavy atom. The van der Waals surface area contributed by atoms with Crippen LogP contribution in [0, 0.1) is 85.3 Å². The molecule has 6 heterocycles. The third kappa shape index (κ3) is 29.3. The van der Waals surface area contributed by atoms with Gasteiger partial charge in [-0.15, -0.1) is 6.42 Å². The molecule has 0 saturated carbocycles. The monoisotopic (exact) mass is 1190 g/mol. The molecule has 2 aliphatic rings. The van der Waals surface area contributed by atoms with Gasteiger partial charge in [-0.05, 0) is 131 Å². The van der Waals surface area contributed by atoms with Gasteiger partial charge in [-0.1, -0.05) is 159 Å². The van der Waals surface area contributed by atoms with E-state index in [1.54, 1.807) is 31.1 Å². The van der Waals surface area contributed by atoms with Gasteiger partial charge in [-0.25, -0.2) is 29.2 Å². The molecule has 0 fully saturated rings. The number of aliphatic imine (C=N–C) groups is 2. The number of nitriles is 1. The molecule has 0 aliphatic carbocycles. The fourth-order valence-electron chi connectivity index (χ4n) is 7.05. The van der Waals surface area contributed by atoms with Crippen molar-refractivity contribution in [1.82, 2.24) is 29.9 Å². The van der Waals surface area contributed by atoms with Gasteiger partial charge in [0.2, 0.25) is 6.33 Å². The molecular weight excluding hydrogens is 1120 g/mol. The van der Waals surface area contributed by atoms with Crippen molar-refractivity contribution in [2.75, 3.05) is 0 Å². The molecule has 0 atom stereocenters. The van der Waals surface area contributed by atoms with Crippen LogP contribution in [0.3, 0.4) is 0 Å². The molecule has 0 amide bonds. The third-order valence-electron chi connectivity index (χ3n) is 11.8. The first-order chi connectivity index (χ1) is 41.8. The highest BCUT2D eigenvalue weighted by Gasteiger charge is 2.03. The molecule has 4 aromatic heterocycles. The van der Waals surface area contributed by atoms with E-state index in [2.05, 4.69) is 132 Å². The van der Waals surface area contributed by atoms with Crippen LogP contribution in [-0.4, -0.2) is 43.5 Å². The second kappa shape index (κ2) is 44.5. The lowest BCUT2D eigenvalue weighted by Gasteiger charge is -1.92. The molecule has 4 N–H and O–H groups in total. The molecule has 0 spiro atoms. The van der Waals surface area contributed by atoms with Crippen LogP contribution in [0.4, 0.5) is 22.7 Å². The lowest BCUT2D eigenvalue weighted by atomic mass is 10.1. The second-order valence-corrected chi connectivity index (χ2v) is 18.3. The molecule has 13 rings (SSSR count). The molecule has 15 heteroatoms. The smallest absolute Gasteiger partial charge is 0.241 e. The predicted octanol–water partition coefficient (Wildman–Crippen LogP) is 17.9. The Hall–Kier alpha value is -10.1. The van der Waals surface area contributed by atoms with Crippen molar-refractivity contribution < 1.29 is 4.57 Å². The van der Waals surface area contributed by atoms with Gasteiger partial charge in [0, 0.05) is 73.3 Å². The van der Waals surface area contributed by atoms with E-state index < -0.39 is 0 Å². The van der Waals surface area contributed by atoms with Crippen LogP contribution < -0.4 is 4.57 Å². The number of terminal acetylenes is 1. The quantitative estimate of drug-likeness (QED) is 0.0517. The number of nitrogens with zero attached hydrogens (tertiary/aromatic N) is 8. The second-order valence-electron chi connectivity index (χ2n) is 18.3. The molecule has 11 aromatic rings. The average Bonchev–Trinajstić information content (AvgIpc) is 4.66. The number of rotatable bonds is 0. The lowest BCUT2D eigenvalue weighted by molar-refractivity contribution is -0.676. The number of nitrogens with one attached hydrogen (secondary N) is 4. The summed E-state index contributed by atoms with van der Waals surface area (Å²) in [6.07, 6.45) is 23.8. The number of hydrogen-bond acceptors (Lipinski definition) is 6. The van der Waals surface area contributed by atoms with E-state index in [0.717, 1.165) is 74.8 Å². The molecule has 0 unspecified atom stereocenters. The zero-order chi connectivity index (χ0) is 63.2. The summed E-state index contributed by atoms with van der Waals surface area (Å²) in [6, 6.07) is 59.3. The number of benzene rings is 7. The minimum absolute atomic E-state index is 0. The maximum absolute atomic E-state index is 8.41. The summed E-state index contributed by atoms with van der Waals surface area (Å²) in [6.45, 7) is 27.3. The van der Waals surface area contributed by atoms with Crippen molar-refractivity contribution in [2.24, 2.45) is 17.0 Å². The number of H-pyrrole nitrogens is 4. The topological polar surface area (TPSA) is 150 Å². The van der Waals surface area contributed by atoms with Gasteiger partial charge in [-0.3, -0.25) is 9.98 Å². The first-order valence-corrected chi connectivity index (χ1v) is 28.2. The maximum Gasteiger partial charge on any atom is 0.241 e. The number of fused-ring (bicyclic) bond motifs is 3.